The number of hydrogen-bond donors (Lipinski definition) is 1. The zero-order chi connectivity index (χ0) is 12.6. The number of aromatic amines is 1. The lowest BCUT2D eigenvalue weighted by atomic mass is 9.94. The lowest BCUT2D eigenvalue weighted by molar-refractivity contribution is 0.159. The van der Waals surface area contributed by atoms with Crippen LogP contribution in [0, 0.1) is 0 Å². The molecule has 6 heteroatoms. The van der Waals surface area contributed by atoms with Crippen molar-refractivity contribution < 1.29 is 9.13 Å². The van der Waals surface area contributed by atoms with Crippen LogP contribution in [-0.4, -0.2) is 27.4 Å². The van der Waals surface area contributed by atoms with Gasteiger partial charge in [0.1, 0.15) is 17.8 Å². The van der Waals surface area contributed by atoms with Crippen LogP contribution in [0.4, 0.5) is 4.39 Å². The van der Waals surface area contributed by atoms with Gasteiger partial charge in [-0.2, -0.15) is 5.10 Å². The number of halogens is 2. The number of H-pyrrole nitrogens is 1. The van der Waals surface area contributed by atoms with Crippen LogP contribution in [0.5, 0.6) is 0 Å². The van der Waals surface area contributed by atoms with Crippen molar-refractivity contribution in [3.8, 4) is 0 Å². The molecule has 0 aliphatic carbocycles. The summed E-state index contributed by atoms with van der Waals surface area (Å²) in [6, 6.07) is 6.70. The molecule has 0 saturated carbocycles. The first-order valence-corrected chi connectivity index (χ1v) is 5.95. The van der Waals surface area contributed by atoms with Gasteiger partial charge in [-0.1, -0.05) is 23.7 Å². The van der Waals surface area contributed by atoms with Crippen LogP contribution >= 0.6 is 11.6 Å². The summed E-state index contributed by atoms with van der Waals surface area (Å²) < 4.78 is 19.8. The number of epoxide rings is 1. The lowest BCUT2D eigenvalue weighted by Gasteiger charge is -2.16. The van der Waals surface area contributed by atoms with E-state index in [4.69, 9.17) is 16.3 Å². The Balaban J connectivity index is 1.79. The number of benzene rings is 1. The minimum atomic E-state index is -1.19. The van der Waals surface area contributed by atoms with Crippen molar-refractivity contribution in [3.63, 3.8) is 0 Å². The average Bonchev–Trinajstić information content (AvgIpc) is 2.97. The van der Waals surface area contributed by atoms with E-state index in [1.54, 1.807) is 24.3 Å². The van der Waals surface area contributed by atoms with Gasteiger partial charge in [0.2, 0.25) is 0 Å². The predicted octanol–water partition coefficient (Wildman–Crippen LogP) is 2.48. The smallest absolute Gasteiger partial charge is 0.157 e. The third-order valence-corrected chi connectivity index (χ3v) is 3.32. The summed E-state index contributed by atoms with van der Waals surface area (Å²) in [5.41, 5.74) is -0.246. The molecule has 2 atom stereocenters. The highest BCUT2D eigenvalue weighted by atomic mass is 35.5. The summed E-state index contributed by atoms with van der Waals surface area (Å²) >= 11 is 5.78. The van der Waals surface area contributed by atoms with Gasteiger partial charge in [0.05, 0.1) is 6.61 Å². The third kappa shape index (κ3) is 2.11. The molecule has 1 fully saturated rings. The molecule has 2 aromatic rings. The highest BCUT2D eigenvalue weighted by Gasteiger charge is 2.53. The Labute approximate surface area is 108 Å². The zero-order valence-corrected chi connectivity index (χ0v) is 10.2. The average molecular weight is 268 g/mol. The molecule has 0 radical (unpaired) electrons. The second-order valence-corrected chi connectivity index (χ2v) is 4.81. The van der Waals surface area contributed by atoms with Crippen LogP contribution in [0.15, 0.2) is 30.6 Å². The molecule has 18 heavy (non-hydrogen) atoms. The molecule has 0 bridgehead atoms. The van der Waals surface area contributed by atoms with Gasteiger partial charge in [-0.25, -0.2) is 9.37 Å². The molecule has 2 heterocycles. The van der Waals surface area contributed by atoms with Crippen LogP contribution in [0.1, 0.15) is 17.6 Å². The van der Waals surface area contributed by atoms with Gasteiger partial charge in [0, 0.05) is 11.4 Å². The SMILES string of the molecule is FC(c1ccc(Cl)cc1)C1(Cc2ncn[nH]2)CO1. The lowest BCUT2D eigenvalue weighted by Crippen LogP contribution is -2.23. The second kappa shape index (κ2) is 4.33. The molecule has 2 unspecified atom stereocenters. The molecule has 3 rings (SSSR count). The monoisotopic (exact) mass is 267 g/mol. The molecule has 1 aliphatic heterocycles. The summed E-state index contributed by atoms with van der Waals surface area (Å²) in [5.74, 6) is 0.629. The van der Waals surface area contributed by atoms with E-state index >= 15 is 0 Å². The van der Waals surface area contributed by atoms with Crippen molar-refractivity contribution in [2.75, 3.05) is 6.61 Å². The molecule has 4 nitrogen and oxygen atoms in total. The highest BCUT2D eigenvalue weighted by molar-refractivity contribution is 6.30. The van der Waals surface area contributed by atoms with Gasteiger partial charge in [-0.05, 0) is 17.7 Å². The van der Waals surface area contributed by atoms with E-state index in [9.17, 15) is 4.39 Å². The normalized spacial score (nSPS) is 23.9. The number of nitrogens with one attached hydrogen (secondary N) is 1. The van der Waals surface area contributed by atoms with Gasteiger partial charge in [-0.3, -0.25) is 5.10 Å². The second-order valence-electron chi connectivity index (χ2n) is 4.38. The molecular weight excluding hydrogens is 257 g/mol. The number of ether oxygens (including phenoxy) is 1. The van der Waals surface area contributed by atoms with Crippen molar-refractivity contribution >= 4 is 11.6 Å². The Morgan fingerprint density at radius 3 is 2.72 bits per heavy atom. The van der Waals surface area contributed by atoms with Crippen molar-refractivity contribution in [2.45, 2.75) is 18.2 Å². The third-order valence-electron chi connectivity index (χ3n) is 3.07. The molecular formula is C12H11ClFN3O. The van der Waals surface area contributed by atoms with Crippen LogP contribution in [0.2, 0.25) is 5.02 Å². The Morgan fingerprint density at radius 1 is 1.44 bits per heavy atom. The number of hydrogen-bond acceptors (Lipinski definition) is 3. The first kappa shape index (κ1) is 11.6. The van der Waals surface area contributed by atoms with Crippen LogP contribution in [0.3, 0.4) is 0 Å². The molecule has 0 amide bonds. The van der Waals surface area contributed by atoms with Crippen molar-refractivity contribution in [2.24, 2.45) is 0 Å². The van der Waals surface area contributed by atoms with Gasteiger partial charge in [0.15, 0.2) is 6.17 Å². The summed E-state index contributed by atoms with van der Waals surface area (Å²) in [6.45, 7) is 0.386. The molecule has 1 aromatic heterocycles. The van der Waals surface area contributed by atoms with E-state index in [1.807, 2.05) is 0 Å². The molecule has 94 valence electrons. The standard InChI is InChI=1S/C12H11ClFN3O/c13-9-3-1-8(2-4-9)11(14)12(6-18-12)5-10-15-7-16-17-10/h1-4,7,11H,5-6H2,(H,15,16,17). The molecule has 1 aromatic carbocycles. The van der Waals surface area contributed by atoms with Crippen LogP contribution in [0.25, 0.3) is 0 Å². The summed E-state index contributed by atoms with van der Waals surface area (Å²) in [5, 5.41) is 7.06. The fraction of sp³-hybridized carbons (Fsp3) is 0.333. The van der Waals surface area contributed by atoms with Gasteiger partial charge in [0.25, 0.3) is 0 Å². The number of aromatic nitrogens is 3. The Morgan fingerprint density at radius 2 is 2.17 bits per heavy atom. The topological polar surface area (TPSA) is 54.1 Å². The molecule has 1 saturated heterocycles. The fourth-order valence-electron chi connectivity index (χ4n) is 1.97. The maximum Gasteiger partial charge on any atom is 0.157 e. The number of rotatable bonds is 4. The van der Waals surface area contributed by atoms with Crippen LogP contribution in [-0.2, 0) is 11.2 Å². The molecule has 1 aliphatic rings. The van der Waals surface area contributed by atoms with Crippen molar-refractivity contribution in [1.82, 2.24) is 15.2 Å². The quantitative estimate of drug-likeness (QED) is 0.866. The minimum Gasteiger partial charge on any atom is -0.366 e. The van der Waals surface area contributed by atoms with Gasteiger partial charge < -0.3 is 4.74 Å². The van der Waals surface area contributed by atoms with Crippen molar-refractivity contribution in [3.05, 3.63) is 47.0 Å². The number of alkyl halides is 1. The molecule has 0 spiro atoms. The largest absolute Gasteiger partial charge is 0.366 e. The minimum absolute atomic E-state index is 0.386. The Hall–Kier alpha value is -1.46. The van der Waals surface area contributed by atoms with E-state index in [0.29, 0.717) is 29.4 Å². The predicted molar refractivity (Wildman–Crippen MR) is 64.1 cm³/mol. The van der Waals surface area contributed by atoms with E-state index in [2.05, 4.69) is 15.2 Å². The van der Waals surface area contributed by atoms with E-state index in [0.717, 1.165) is 0 Å². The van der Waals surface area contributed by atoms with Gasteiger partial charge in [-0.15, -0.1) is 0 Å². The first-order chi connectivity index (χ1) is 8.70. The Bertz CT molecular complexity index is 525. The summed E-state index contributed by atoms with van der Waals surface area (Å²) in [7, 11) is 0. The highest BCUT2D eigenvalue weighted by Crippen LogP contribution is 2.44. The van der Waals surface area contributed by atoms with Crippen molar-refractivity contribution in [1.29, 1.82) is 0 Å². The summed E-state index contributed by atoms with van der Waals surface area (Å²) in [6.07, 6.45) is 0.595. The number of nitrogens with zero attached hydrogens (tertiary/aromatic N) is 2. The maximum atomic E-state index is 14.5. The van der Waals surface area contributed by atoms with E-state index in [1.165, 1.54) is 6.33 Å². The van der Waals surface area contributed by atoms with Gasteiger partial charge >= 0.3 is 0 Å². The summed E-state index contributed by atoms with van der Waals surface area (Å²) in [4.78, 5) is 4.00. The fourth-order valence-corrected chi connectivity index (χ4v) is 2.09. The van der Waals surface area contributed by atoms with E-state index in [-0.39, 0.29) is 0 Å². The first-order valence-electron chi connectivity index (χ1n) is 5.57. The van der Waals surface area contributed by atoms with Crippen LogP contribution < -0.4 is 0 Å². The maximum absolute atomic E-state index is 14.5. The van der Waals surface area contributed by atoms with E-state index < -0.39 is 11.8 Å². The molecule has 1 N–H and O–H groups in total. The Kier molecular flexibility index (Phi) is 2.80. The zero-order valence-electron chi connectivity index (χ0n) is 9.44.